The summed E-state index contributed by atoms with van der Waals surface area (Å²) < 4.78 is 0. The molecule has 2 nitrogen and oxygen atoms in total. The number of benzene rings is 1. The van der Waals surface area contributed by atoms with Gasteiger partial charge in [-0.1, -0.05) is 25.1 Å². The smallest absolute Gasteiger partial charge is 0.103 e. The normalized spacial score (nSPS) is 13.7. The Morgan fingerprint density at radius 3 is 2.70 bits per heavy atom. The third-order valence-corrected chi connectivity index (χ3v) is 4.70. The summed E-state index contributed by atoms with van der Waals surface area (Å²) in [6.45, 7) is 7.21. The fraction of sp³-hybridized carbons (Fsp3) is 0.588. The second-order valence-corrected chi connectivity index (χ2v) is 6.58. The van der Waals surface area contributed by atoms with Crippen LogP contribution in [0.15, 0.2) is 29.2 Å². The number of unbranched alkanes of at least 4 members (excludes halogenated alkanes) is 1. The molecule has 1 N–H and O–H groups in total. The van der Waals surface area contributed by atoms with Gasteiger partial charge in [0.05, 0.1) is 6.07 Å². The van der Waals surface area contributed by atoms with Crippen LogP contribution in [0.25, 0.3) is 0 Å². The minimum atomic E-state index is -0.358. The number of thioether (sulfide) groups is 1. The third-order valence-electron chi connectivity index (χ3n) is 3.43. The van der Waals surface area contributed by atoms with E-state index in [0.29, 0.717) is 0 Å². The van der Waals surface area contributed by atoms with Crippen molar-refractivity contribution in [3.8, 4) is 6.07 Å². The van der Waals surface area contributed by atoms with Gasteiger partial charge in [-0.05, 0) is 63.5 Å². The van der Waals surface area contributed by atoms with Gasteiger partial charge in [0.2, 0.25) is 0 Å². The van der Waals surface area contributed by atoms with Crippen molar-refractivity contribution < 1.29 is 0 Å². The molecule has 0 saturated heterocycles. The molecule has 1 unspecified atom stereocenters. The summed E-state index contributed by atoms with van der Waals surface area (Å²) >= 11 is 1.92. The van der Waals surface area contributed by atoms with Crippen LogP contribution < -0.4 is 5.32 Å². The van der Waals surface area contributed by atoms with Crippen LogP contribution in [0, 0.1) is 18.3 Å². The van der Waals surface area contributed by atoms with Crippen LogP contribution >= 0.6 is 11.8 Å². The van der Waals surface area contributed by atoms with Gasteiger partial charge in [-0.2, -0.15) is 5.26 Å². The SMILES string of the molecule is CCCNC(C)(C#N)CCCCSc1ccccc1C. The molecule has 0 aliphatic heterocycles. The lowest BCUT2D eigenvalue weighted by molar-refractivity contribution is 0.406. The van der Waals surface area contributed by atoms with Gasteiger partial charge in [-0.25, -0.2) is 0 Å². The fourth-order valence-electron chi connectivity index (χ4n) is 2.07. The van der Waals surface area contributed by atoms with Gasteiger partial charge in [0, 0.05) is 4.90 Å². The van der Waals surface area contributed by atoms with Crippen molar-refractivity contribution in [1.29, 1.82) is 5.26 Å². The van der Waals surface area contributed by atoms with Crippen molar-refractivity contribution >= 4 is 11.8 Å². The highest BCUT2D eigenvalue weighted by Gasteiger charge is 2.21. The summed E-state index contributed by atoms with van der Waals surface area (Å²) in [5.41, 5.74) is 0.993. The van der Waals surface area contributed by atoms with Crippen LogP contribution in [0.5, 0.6) is 0 Å². The van der Waals surface area contributed by atoms with Crippen molar-refractivity contribution in [2.24, 2.45) is 0 Å². The van der Waals surface area contributed by atoms with Gasteiger partial charge in [0.1, 0.15) is 5.54 Å². The summed E-state index contributed by atoms with van der Waals surface area (Å²) in [5.74, 6) is 1.13. The second kappa shape index (κ2) is 9.05. The molecule has 0 bridgehead atoms. The molecule has 0 aliphatic carbocycles. The van der Waals surface area contributed by atoms with E-state index < -0.39 is 0 Å². The Morgan fingerprint density at radius 2 is 2.05 bits per heavy atom. The zero-order chi connectivity index (χ0) is 14.8. The van der Waals surface area contributed by atoms with Gasteiger partial charge < -0.3 is 0 Å². The zero-order valence-corrected chi connectivity index (χ0v) is 13.7. The molecule has 110 valence electrons. The average Bonchev–Trinajstić information content (AvgIpc) is 2.46. The molecule has 0 aliphatic rings. The minimum absolute atomic E-state index is 0.358. The molecule has 20 heavy (non-hydrogen) atoms. The van der Waals surface area contributed by atoms with Crippen LogP contribution in [0.3, 0.4) is 0 Å². The van der Waals surface area contributed by atoms with Crippen LogP contribution in [0.2, 0.25) is 0 Å². The quantitative estimate of drug-likeness (QED) is 0.536. The molecule has 0 amide bonds. The number of nitrogens with zero attached hydrogens (tertiary/aromatic N) is 1. The summed E-state index contributed by atoms with van der Waals surface area (Å²) in [4.78, 5) is 1.37. The highest BCUT2D eigenvalue weighted by atomic mass is 32.2. The van der Waals surface area contributed by atoms with Gasteiger partial charge in [-0.3, -0.25) is 5.32 Å². The van der Waals surface area contributed by atoms with Crippen LogP contribution in [0.4, 0.5) is 0 Å². The van der Waals surface area contributed by atoms with E-state index >= 15 is 0 Å². The summed E-state index contributed by atoms with van der Waals surface area (Å²) in [5, 5.41) is 12.6. The Balaban J connectivity index is 2.25. The lowest BCUT2D eigenvalue weighted by Crippen LogP contribution is -2.41. The van der Waals surface area contributed by atoms with Gasteiger partial charge in [0.25, 0.3) is 0 Å². The predicted octanol–water partition coefficient (Wildman–Crippen LogP) is 4.54. The van der Waals surface area contributed by atoms with E-state index in [2.05, 4.69) is 49.5 Å². The third kappa shape index (κ3) is 5.98. The molecule has 0 spiro atoms. The molecule has 0 aromatic heterocycles. The van der Waals surface area contributed by atoms with Crippen LogP contribution in [-0.2, 0) is 0 Å². The molecule has 1 aromatic carbocycles. The average molecular weight is 290 g/mol. The number of rotatable bonds is 9. The summed E-state index contributed by atoms with van der Waals surface area (Å²) in [6, 6.07) is 10.9. The predicted molar refractivity (Wildman–Crippen MR) is 88.1 cm³/mol. The number of hydrogen-bond donors (Lipinski definition) is 1. The Labute approximate surface area is 128 Å². The Hall–Kier alpha value is -0.980. The monoisotopic (exact) mass is 290 g/mol. The van der Waals surface area contributed by atoms with Gasteiger partial charge in [-0.15, -0.1) is 11.8 Å². The molecule has 1 atom stereocenters. The lowest BCUT2D eigenvalue weighted by Gasteiger charge is -2.22. The first kappa shape index (κ1) is 17.1. The van der Waals surface area contributed by atoms with Crippen molar-refractivity contribution in [3.05, 3.63) is 29.8 Å². The molecular weight excluding hydrogens is 264 g/mol. The first-order valence-electron chi connectivity index (χ1n) is 7.46. The molecule has 0 heterocycles. The maximum absolute atomic E-state index is 9.27. The largest absolute Gasteiger partial charge is 0.300 e. The van der Waals surface area contributed by atoms with Crippen LogP contribution in [-0.4, -0.2) is 17.8 Å². The number of nitriles is 1. The van der Waals surface area contributed by atoms with E-state index in [1.54, 1.807) is 0 Å². The van der Waals surface area contributed by atoms with Crippen molar-refractivity contribution in [1.82, 2.24) is 5.32 Å². The molecular formula is C17H26N2S. The van der Waals surface area contributed by atoms with E-state index in [1.807, 2.05) is 18.7 Å². The second-order valence-electron chi connectivity index (χ2n) is 5.44. The Bertz CT molecular complexity index is 439. The summed E-state index contributed by atoms with van der Waals surface area (Å²) in [6.07, 6.45) is 4.25. The highest BCUT2D eigenvalue weighted by molar-refractivity contribution is 7.99. The first-order valence-corrected chi connectivity index (χ1v) is 8.44. The molecule has 1 rings (SSSR count). The van der Waals surface area contributed by atoms with Crippen molar-refractivity contribution in [2.75, 3.05) is 12.3 Å². The molecule has 1 aromatic rings. The molecule has 0 saturated carbocycles. The Kier molecular flexibility index (Phi) is 7.72. The van der Waals surface area contributed by atoms with Crippen molar-refractivity contribution in [3.63, 3.8) is 0 Å². The Morgan fingerprint density at radius 1 is 1.30 bits per heavy atom. The topological polar surface area (TPSA) is 35.8 Å². The maximum atomic E-state index is 9.27. The number of aryl methyl sites for hydroxylation is 1. The van der Waals surface area contributed by atoms with E-state index in [9.17, 15) is 5.26 Å². The maximum Gasteiger partial charge on any atom is 0.103 e. The molecule has 0 radical (unpaired) electrons. The highest BCUT2D eigenvalue weighted by Crippen LogP contribution is 2.23. The van der Waals surface area contributed by atoms with E-state index in [1.165, 1.54) is 10.5 Å². The lowest BCUT2D eigenvalue weighted by atomic mass is 9.96. The van der Waals surface area contributed by atoms with E-state index in [0.717, 1.165) is 38.0 Å². The minimum Gasteiger partial charge on any atom is -0.300 e. The summed E-state index contributed by atoms with van der Waals surface area (Å²) in [7, 11) is 0. The standard InChI is InChI=1S/C17H26N2S/c1-4-12-19-17(3,14-18)11-7-8-13-20-16-10-6-5-9-15(16)2/h5-6,9-10,19H,4,7-8,11-13H2,1-3H3. The number of nitrogens with one attached hydrogen (secondary N) is 1. The van der Waals surface area contributed by atoms with Gasteiger partial charge in [0.15, 0.2) is 0 Å². The van der Waals surface area contributed by atoms with Crippen molar-refractivity contribution in [2.45, 2.75) is 56.9 Å². The van der Waals surface area contributed by atoms with E-state index in [-0.39, 0.29) is 5.54 Å². The van der Waals surface area contributed by atoms with E-state index in [4.69, 9.17) is 0 Å². The van der Waals surface area contributed by atoms with Gasteiger partial charge >= 0.3 is 0 Å². The zero-order valence-electron chi connectivity index (χ0n) is 12.9. The molecule has 3 heteroatoms. The first-order chi connectivity index (χ1) is 9.61. The fourth-order valence-corrected chi connectivity index (χ4v) is 3.10. The molecule has 0 fully saturated rings. The van der Waals surface area contributed by atoms with Crippen LogP contribution in [0.1, 0.15) is 45.1 Å². The number of hydrogen-bond acceptors (Lipinski definition) is 3.